The Morgan fingerprint density at radius 2 is 1.64 bits per heavy atom. The molecule has 0 aliphatic rings. The first-order valence-electron chi connectivity index (χ1n) is 10.4. The Morgan fingerprint density at radius 1 is 0.972 bits per heavy atom. The van der Waals surface area contributed by atoms with Gasteiger partial charge in [0.2, 0.25) is 0 Å². The van der Waals surface area contributed by atoms with E-state index in [4.69, 9.17) is 78.8 Å². The maximum absolute atomic E-state index is 12.9. The second-order valence-corrected chi connectivity index (χ2v) is 10.1. The topological polar surface area (TPSA) is 69.3 Å². The highest BCUT2D eigenvalue weighted by atomic mass is 35.5. The molecule has 0 bridgehead atoms. The fraction of sp³-hybridized carbons (Fsp3) is 0.167. The lowest BCUT2D eigenvalue weighted by molar-refractivity contribution is 0.0992. The number of rotatable bonds is 7. The summed E-state index contributed by atoms with van der Waals surface area (Å²) in [5.74, 6) is 0.0424. The van der Waals surface area contributed by atoms with Gasteiger partial charge in [0.25, 0.3) is 5.91 Å². The number of amides is 1. The summed E-state index contributed by atoms with van der Waals surface area (Å²) in [6, 6.07) is 10.6. The van der Waals surface area contributed by atoms with Gasteiger partial charge >= 0.3 is 0 Å². The fourth-order valence-corrected chi connectivity index (χ4v) is 4.89. The van der Waals surface area contributed by atoms with Crippen molar-refractivity contribution < 1.29 is 13.9 Å². The quantitative estimate of drug-likeness (QED) is 0.168. The van der Waals surface area contributed by atoms with Crippen LogP contribution in [0.5, 0.6) is 5.75 Å². The number of ether oxygens (including phenoxy) is 1. The Hall–Kier alpha value is -2.06. The molecule has 2 aromatic carbocycles. The third-order valence-electron chi connectivity index (χ3n) is 5.26. The van der Waals surface area contributed by atoms with Crippen LogP contribution >= 0.6 is 69.6 Å². The number of halogens is 6. The number of hydrogen-bond acceptors (Lipinski definition) is 4. The van der Waals surface area contributed by atoms with Gasteiger partial charge in [0, 0.05) is 5.02 Å². The standard InChI is InChI=1S/C24H17Cl6N3O3/c1-11-22(12(2)33(32-11)9-13-4-3-5-14(25)8-13)31-24(34)16-7-6-15(36-16)10-35-23-20(29)18(27)17(26)19(28)21(23)30/h3-8H,9-10H2,1-2H3,(H,31,34). The summed E-state index contributed by atoms with van der Waals surface area (Å²) in [4.78, 5) is 12.9. The van der Waals surface area contributed by atoms with E-state index in [2.05, 4.69) is 10.4 Å². The molecule has 4 rings (SSSR count). The number of aryl methyl sites for hydroxylation is 1. The lowest BCUT2D eigenvalue weighted by Gasteiger charge is -2.12. The van der Waals surface area contributed by atoms with Crippen LogP contribution in [-0.2, 0) is 13.2 Å². The first-order valence-corrected chi connectivity index (χ1v) is 12.7. The van der Waals surface area contributed by atoms with Gasteiger partial charge in [-0.1, -0.05) is 81.7 Å². The zero-order chi connectivity index (χ0) is 26.1. The molecule has 4 aromatic rings. The summed E-state index contributed by atoms with van der Waals surface area (Å²) >= 11 is 36.6. The fourth-order valence-electron chi connectivity index (χ4n) is 3.45. The van der Waals surface area contributed by atoms with Crippen LogP contribution in [0.4, 0.5) is 5.69 Å². The van der Waals surface area contributed by atoms with Gasteiger partial charge in [-0.25, -0.2) is 0 Å². The maximum atomic E-state index is 12.9. The average molecular weight is 608 g/mol. The lowest BCUT2D eigenvalue weighted by atomic mass is 10.2. The maximum Gasteiger partial charge on any atom is 0.291 e. The van der Waals surface area contributed by atoms with Gasteiger partial charge in [0.1, 0.15) is 22.4 Å². The summed E-state index contributed by atoms with van der Waals surface area (Å²) in [7, 11) is 0. The Labute approximate surface area is 236 Å². The zero-order valence-electron chi connectivity index (χ0n) is 18.8. The highest BCUT2D eigenvalue weighted by molar-refractivity contribution is 6.55. The molecule has 188 valence electrons. The predicted octanol–water partition coefficient (Wildman–Crippen LogP) is 8.89. The molecule has 0 aliphatic heterocycles. The summed E-state index contributed by atoms with van der Waals surface area (Å²) < 4.78 is 13.1. The number of carbonyl (C=O) groups is 1. The Bertz CT molecular complexity index is 1430. The van der Waals surface area contributed by atoms with Crippen LogP contribution in [0, 0.1) is 13.8 Å². The number of benzene rings is 2. The molecule has 0 fully saturated rings. The molecule has 2 aromatic heterocycles. The van der Waals surface area contributed by atoms with E-state index in [9.17, 15) is 4.79 Å². The molecule has 1 amide bonds. The van der Waals surface area contributed by atoms with Crippen molar-refractivity contribution in [1.29, 1.82) is 0 Å². The zero-order valence-corrected chi connectivity index (χ0v) is 23.3. The first kappa shape index (κ1) is 27.0. The number of carbonyl (C=O) groups excluding carboxylic acids is 1. The largest absolute Gasteiger partial charge is 0.482 e. The molecule has 0 atom stereocenters. The van der Waals surface area contributed by atoms with E-state index in [1.165, 1.54) is 6.07 Å². The normalized spacial score (nSPS) is 11.1. The van der Waals surface area contributed by atoms with E-state index in [0.29, 0.717) is 28.7 Å². The summed E-state index contributed by atoms with van der Waals surface area (Å²) in [5.41, 5.74) is 3.04. The van der Waals surface area contributed by atoms with Gasteiger partial charge in [-0.05, 0) is 43.7 Å². The van der Waals surface area contributed by atoms with E-state index in [1.807, 2.05) is 38.1 Å². The Balaban J connectivity index is 1.46. The minimum Gasteiger partial charge on any atom is -0.482 e. The molecule has 1 N–H and O–H groups in total. The van der Waals surface area contributed by atoms with Gasteiger partial charge in [-0.15, -0.1) is 0 Å². The average Bonchev–Trinajstić information content (AvgIpc) is 3.42. The van der Waals surface area contributed by atoms with Crippen LogP contribution < -0.4 is 10.1 Å². The van der Waals surface area contributed by atoms with Crippen LogP contribution in [0.1, 0.15) is 33.3 Å². The molecule has 2 heterocycles. The molecular formula is C24H17Cl6N3O3. The van der Waals surface area contributed by atoms with Gasteiger partial charge in [0.15, 0.2) is 11.5 Å². The number of nitrogens with one attached hydrogen (secondary N) is 1. The van der Waals surface area contributed by atoms with Crippen molar-refractivity contribution in [3.05, 3.63) is 95.0 Å². The van der Waals surface area contributed by atoms with Gasteiger partial charge < -0.3 is 14.5 Å². The lowest BCUT2D eigenvalue weighted by Crippen LogP contribution is -2.12. The molecule has 0 spiro atoms. The SMILES string of the molecule is Cc1nn(Cc2cccc(Cl)c2)c(C)c1NC(=O)c1ccc(COc2c(Cl)c(Cl)c(Cl)c(Cl)c2Cl)o1. The number of furan rings is 1. The van der Waals surface area contributed by atoms with E-state index in [0.717, 1.165) is 11.3 Å². The predicted molar refractivity (Wildman–Crippen MR) is 145 cm³/mol. The number of aromatic nitrogens is 2. The Kier molecular flexibility index (Phi) is 8.35. The van der Waals surface area contributed by atoms with Crippen LogP contribution in [0.2, 0.25) is 30.1 Å². The minimum absolute atomic E-state index is 0.0151. The second kappa shape index (κ2) is 11.1. The molecule has 36 heavy (non-hydrogen) atoms. The molecule has 0 unspecified atom stereocenters. The number of nitrogens with zero attached hydrogens (tertiary/aromatic N) is 2. The van der Waals surface area contributed by atoms with Crippen LogP contribution in [0.3, 0.4) is 0 Å². The third kappa shape index (κ3) is 5.59. The molecule has 12 heteroatoms. The summed E-state index contributed by atoms with van der Waals surface area (Å²) in [5, 5.41) is 8.14. The molecular weight excluding hydrogens is 591 g/mol. The summed E-state index contributed by atoms with van der Waals surface area (Å²) in [6.45, 7) is 4.11. The van der Waals surface area contributed by atoms with Gasteiger partial charge in [-0.2, -0.15) is 5.10 Å². The number of anilines is 1. The van der Waals surface area contributed by atoms with E-state index < -0.39 is 5.91 Å². The monoisotopic (exact) mass is 605 g/mol. The van der Waals surface area contributed by atoms with Gasteiger partial charge in [-0.3, -0.25) is 9.48 Å². The first-order chi connectivity index (χ1) is 17.1. The highest BCUT2D eigenvalue weighted by Gasteiger charge is 2.22. The van der Waals surface area contributed by atoms with Crippen LogP contribution in [0.15, 0.2) is 40.8 Å². The van der Waals surface area contributed by atoms with Gasteiger partial charge in [0.05, 0.1) is 38.7 Å². The molecule has 0 saturated heterocycles. The van der Waals surface area contributed by atoms with E-state index in [1.54, 1.807) is 10.7 Å². The van der Waals surface area contributed by atoms with Crippen molar-refractivity contribution in [2.75, 3.05) is 5.32 Å². The molecule has 0 aliphatic carbocycles. The molecule has 0 radical (unpaired) electrons. The van der Waals surface area contributed by atoms with Crippen molar-refractivity contribution in [2.24, 2.45) is 0 Å². The molecule has 0 saturated carbocycles. The number of hydrogen-bond donors (Lipinski definition) is 1. The Morgan fingerprint density at radius 3 is 2.31 bits per heavy atom. The molecule has 6 nitrogen and oxygen atoms in total. The van der Waals surface area contributed by atoms with E-state index >= 15 is 0 Å². The third-order valence-corrected chi connectivity index (χ3v) is 7.73. The van der Waals surface area contributed by atoms with Crippen molar-refractivity contribution >= 4 is 81.2 Å². The minimum atomic E-state index is -0.441. The highest BCUT2D eigenvalue weighted by Crippen LogP contribution is 2.48. The van der Waals surface area contributed by atoms with E-state index in [-0.39, 0.29) is 43.2 Å². The van der Waals surface area contributed by atoms with Crippen LogP contribution in [0.25, 0.3) is 0 Å². The van der Waals surface area contributed by atoms with Crippen molar-refractivity contribution in [3.8, 4) is 5.75 Å². The van der Waals surface area contributed by atoms with Crippen molar-refractivity contribution in [1.82, 2.24) is 9.78 Å². The summed E-state index contributed by atoms with van der Waals surface area (Å²) in [6.07, 6.45) is 0. The smallest absolute Gasteiger partial charge is 0.291 e. The van der Waals surface area contributed by atoms with Crippen molar-refractivity contribution in [3.63, 3.8) is 0 Å². The van der Waals surface area contributed by atoms with Crippen molar-refractivity contribution in [2.45, 2.75) is 27.0 Å². The second-order valence-electron chi connectivity index (χ2n) is 7.74. The van der Waals surface area contributed by atoms with Crippen LogP contribution in [-0.4, -0.2) is 15.7 Å².